The zero-order valence-electron chi connectivity index (χ0n) is 10.2. The molecule has 2 aromatic heterocycles. The monoisotopic (exact) mass is 266 g/mol. The van der Waals surface area contributed by atoms with Crippen molar-refractivity contribution in [3.63, 3.8) is 0 Å². The van der Waals surface area contributed by atoms with E-state index in [0.717, 1.165) is 11.2 Å². The first-order chi connectivity index (χ1) is 8.61. The van der Waals surface area contributed by atoms with Crippen LogP contribution in [-0.4, -0.2) is 34.1 Å². The summed E-state index contributed by atoms with van der Waals surface area (Å²) in [4.78, 5) is 18.2. The third-order valence-corrected chi connectivity index (χ3v) is 2.83. The largest absolute Gasteiger partial charge is 0.481 e. The third kappa shape index (κ3) is 2.51. The van der Waals surface area contributed by atoms with E-state index < -0.39 is 0 Å². The summed E-state index contributed by atoms with van der Waals surface area (Å²) in [6.07, 6.45) is 0. The summed E-state index contributed by atoms with van der Waals surface area (Å²) in [7, 11) is 1.57. The molecule has 0 spiro atoms. The highest BCUT2D eigenvalue weighted by atomic mass is 32.1. The Kier molecular flexibility index (Phi) is 3.61. The van der Waals surface area contributed by atoms with Crippen LogP contribution in [0, 0.1) is 4.77 Å². The molecule has 7 heteroatoms. The molecule has 0 aromatic carbocycles. The van der Waals surface area contributed by atoms with Gasteiger partial charge in [-0.05, 0) is 18.3 Å². The Balaban J connectivity index is 2.33. The number of nitrogens with zero attached hydrogens (tertiary/aromatic N) is 2. The first-order valence-corrected chi connectivity index (χ1v) is 5.90. The van der Waals surface area contributed by atoms with Gasteiger partial charge in [-0.2, -0.15) is 4.98 Å². The molecule has 0 aliphatic carbocycles. The van der Waals surface area contributed by atoms with Crippen LogP contribution in [0.5, 0.6) is 5.88 Å². The number of carbonyl (C=O) groups is 1. The molecule has 2 aromatic rings. The third-order valence-electron chi connectivity index (χ3n) is 2.51. The number of H-pyrrole nitrogens is 1. The molecular weight excluding hydrogens is 252 g/mol. The minimum absolute atomic E-state index is 0.0631. The quantitative estimate of drug-likeness (QED) is 0.817. The molecule has 2 heterocycles. The topological polar surface area (TPSA) is 71.9 Å². The Morgan fingerprint density at radius 2 is 2.39 bits per heavy atom. The van der Waals surface area contributed by atoms with Gasteiger partial charge in [-0.3, -0.25) is 9.36 Å². The molecule has 6 nitrogen and oxygen atoms in total. The number of rotatable bonds is 4. The standard InChI is InChI=1S/C11H14N4O2S/c1-7(16)12-5-6-15-10-8(13-11(15)18)3-4-9(14-10)17-2/h3-4H,5-6H2,1-2H3,(H,12,16)(H,13,18). The lowest BCUT2D eigenvalue weighted by Crippen LogP contribution is -2.24. The number of methoxy groups -OCH3 is 1. The summed E-state index contributed by atoms with van der Waals surface area (Å²) in [5.41, 5.74) is 1.58. The Morgan fingerprint density at radius 1 is 1.61 bits per heavy atom. The van der Waals surface area contributed by atoms with Crippen molar-refractivity contribution in [2.75, 3.05) is 13.7 Å². The highest BCUT2D eigenvalue weighted by Gasteiger charge is 2.07. The minimum atomic E-state index is -0.0631. The first-order valence-electron chi connectivity index (χ1n) is 5.50. The van der Waals surface area contributed by atoms with Crippen molar-refractivity contribution in [3.05, 3.63) is 16.9 Å². The number of pyridine rings is 1. The number of nitrogens with one attached hydrogen (secondary N) is 2. The molecule has 0 radical (unpaired) electrons. The Labute approximate surface area is 109 Å². The zero-order valence-corrected chi connectivity index (χ0v) is 11.0. The van der Waals surface area contributed by atoms with Crippen molar-refractivity contribution in [2.24, 2.45) is 0 Å². The average Bonchev–Trinajstić information content (AvgIpc) is 2.64. The lowest BCUT2D eigenvalue weighted by Gasteiger charge is -2.05. The zero-order chi connectivity index (χ0) is 13.1. The van der Waals surface area contributed by atoms with E-state index in [-0.39, 0.29) is 5.91 Å². The van der Waals surface area contributed by atoms with Gasteiger partial charge >= 0.3 is 0 Å². The van der Waals surface area contributed by atoms with Crippen LogP contribution in [-0.2, 0) is 11.3 Å². The summed E-state index contributed by atoms with van der Waals surface area (Å²) in [5, 5.41) is 2.73. The van der Waals surface area contributed by atoms with E-state index in [1.807, 2.05) is 10.6 Å². The van der Waals surface area contributed by atoms with Crippen molar-refractivity contribution in [3.8, 4) is 5.88 Å². The molecule has 2 rings (SSSR count). The van der Waals surface area contributed by atoms with Gasteiger partial charge in [0.1, 0.15) is 0 Å². The number of hydrogen-bond donors (Lipinski definition) is 2. The van der Waals surface area contributed by atoms with Gasteiger partial charge in [0.2, 0.25) is 11.8 Å². The SMILES string of the molecule is COc1ccc2[nH]c(=S)n(CCNC(C)=O)c2n1. The fraction of sp³-hybridized carbons (Fsp3) is 0.364. The van der Waals surface area contributed by atoms with Crippen LogP contribution >= 0.6 is 12.2 Å². The van der Waals surface area contributed by atoms with Gasteiger partial charge in [0, 0.05) is 26.1 Å². The summed E-state index contributed by atoms with van der Waals surface area (Å²) in [6.45, 7) is 2.56. The molecule has 1 amide bonds. The van der Waals surface area contributed by atoms with E-state index in [2.05, 4.69) is 15.3 Å². The van der Waals surface area contributed by atoms with Crippen molar-refractivity contribution >= 4 is 29.3 Å². The Bertz CT molecular complexity index is 631. The minimum Gasteiger partial charge on any atom is -0.481 e. The van der Waals surface area contributed by atoms with Gasteiger partial charge in [-0.15, -0.1) is 0 Å². The highest BCUT2D eigenvalue weighted by molar-refractivity contribution is 7.71. The predicted octanol–water partition coefficient (Wildman–Crippen LogP) is 1.24. The van der Waals surface area contributed by atoms with E-state index >= 15 is 0 Å². The van der Waals surface area contributed by atoms with Crippen LogP contribution in [0.2, 0.25) is 0 Å². The fourth-order valence-corrected chi connectivity index (χ4v) is 1.97. The van der Waals surface area contributed by atoms with Gasteiger partial charge in [0.25, 0.3) is 0 Å². The van der Waals surface area contributed by atoms with Gasteiger partial charge in [-0.1, -0.05) is 0 Å². The molecule has 0 aliphatic rings. The number of hydrogen-bond acceptors (Lipinski definition) is 4. The second-order valence-electron chi connectivity index (χ2n) is 3.79. The van der Waals surface area contributed by atoms with Gasteiger partial charge < -0.3 is 15.0 Å². The summed E-state index contributed by atoms with van der Waals surface area (Å²) in [6, 6.07) is 3.64. The second kappa shape index (κ2) is 5.18. The molecule has 0 saturated heterocycles. The number of ether oxygens (including phenoxy) is 1. The van der Waals surface area contributed by atoms with Crippen LogP contribution in [0.1, 0.15) is 6.92 Å². The smallest absolute Gasteiger partial charge is 0.216 e. The van der Waals surface area contributed by atoms with Crippen molar-refractivity contribution in [1.29, 1.82) is 0 Å². The molecule has 96 valence electrons. The van der Waals surface area contributed by atoms with Crippen molar-refractivity contribution in [2.45, 2.75) is 13.5 Å². The van der Waals surface area contributed by atoms with Gasteiger partial charge in [0.15, 0.2) is 10.4 Å². The molecule has 2 N–H and O–H groups in total. The van der Waals surface area contributed by atoms with Crippen molar-refractivity contribution < 1.29 is 9.53 Å². The van der Waals surface area contributed by atoms with Crippen LogP contribution < -0.4 is 10.1 Å². The highest BCUT2D eigenvalue weighted by Crippen LogP contribution is 2.15. The second-order valence-corrected chi connectivity index (χ2v) is 4.18. The summed E-state index contributed by atoms with van der Waals surface area (Å²) >= 11 is 5.23. The van der Waals surface area contributed by atoms with E-state index in [9.17, 15) is 4.79 Å². The van der Waals surface area contributed by atoms with E-state index in [4.69, 9.17) is 17.0 Å². The fourth-order valence-electron chi connectivity index (χ4n) is 1.68. The van der Waals surface area contributed by atoms with Gasteiger partial charge in [0.05, 0.1) is 12.6 Å². The van der Waals surface area contributed by atoms with E-state index in [1.165, 1.54) is 6.92 Å². The van der Waals surface area contributed by atoms with E-state index in [1.54, 1.807) is 13.2 Å². The van der Waals surface area contributed by atoms with Gasteiger partial charge in [-0.25, -0.2) is 0 Å². The summed E-state index contributed by atoms with van der Waals surface area (Å²) < 4.78 is 7.50. The molecule has 0 unspecified atom stereocenters. The van der Waals surface area contributed by atoms with Crippen molar-refractivity contribution in [1.82, 2.24) is 19.9 Å². The maximum absolute atomic E-state index is 10.8. The number of fused-ring (bicyclic) bond motifs is 1. The Hall–Kier alpha value is -1.89. The van der Waals surface area contributed by atoms with Crippen LogP contribution in [0.25, 0.3) is 11.2 Å². The lowest BCUT2D eigenvalue weighted by atomic mass is 10.4. The van der Waals surface area contributed by atoms with Crippen LogP contribution in [0.4, 0.5) is 0 Å². The normalized spacial score (nSPS) is 10.6. The predicted molar refractivity (Wildman–Crippen MR) is 70.2 cm³/mol. The molecule has 18 heavy (non-hydrogen) atoms. The summed E-state index contributed by atoms with van der Waals surface area (Å²) in [5.74, 6) is 0.469. The van der Waals surface area contributed by atoms with E-state index in [0.29, 0.717) is 23.7 Å². The maximum Gasteiger partial charge on any atom is 0.216 e. The molecule has 0 aliphatic heterocycles. The number of carbonyl (C=O) groups excluding carboxylic acids is 1. The maximum atomic E-state index is 10.8. The molecule has 0 bridgehead atoms. The lowest BCUT2D eigenvalue weighted by molar-refractivity contribution is -0.118. The first kappa shape index (κ1) is 12.6. The molecular formula is C11H14N4O2S. The molecule has 0 saturated carbocycles. The number of aromatic nitrogens is 3. The van der Waals surface area contributed by atoms with Crippen LogP contribution in [0.15, 0.2) is 12.1 Å². The van der Waals surface area contributed by atoms with Crippen LogP contribution in [0.3, 0.4) is 0 Å². The number of amides is 1. The Morgan fingerprint density at radius 3 is 3.06 bits per heavy atom. The molecule has 0 fully saturated rings. The number of imidazole rings is 1. The number of aromatic amines is 1. The molecule has 0 atom stereocenters. The average molecular weight is 266 g/mol.